The van der Waals surface area contributed by atoms with Gasteiger partial charge in [-0.3, -0.25) is 19.8 Å². The lowest BCUT2D eigenvalue weighted by Gasteiger charge is -2.27. The van der Waals surface area contributed by atoms with E-state index in [0.29, 0.717) is 26.9 Å². The van der Waals surface area contributed by atoms with Crippen LogP contribution in [0.3, 0.4) is 0 Å². The van der Waals surface area contributed by atoms with Crippen LogP contribution in [0.1, 0.15) is 34.1 Å². The monoisotopic (exact) mass is 302 g/mol. The number of carbonyl (C=O) groups is 3. The zero-order chi connectivity index (χ0) is 15.1. The Labute approximate surface area is 125 Å². The van der Waals surface area contributed by atoms with Crippen LogP contribution in [-0.4, -0.2) is 22.7 Å². The molecule has 0 atom stereocenters. The molecule has 1 heterocycles. The SMILES string of the molecule is CCC(=O)NN1C(=O)c2cccc3c(Cl)ccc(c23)C1=O. The van der Waals surface area contributed by atoms with E-state index >= 15 is 0 Å². The van der Waals surface area contributed by atoms with Gasteiger partial charge in [-0.15, -0.1) is 0 Å². The average molecular weight is 303 g/mol. The second kappa shape index (κ2) is 4.86. The molecule has 0 bridgehead atoms. The summed E-state index contributed by atoms with van der Waals surface area (Å²) in [5.74, 6) is -1.51. The smallest absolute Gasteiger partial charge is 0.273 e. The Morgan fingerprint density at radius 3 is 2.48 bits per heavy atom. The maximum Gasteiger partial charge on any atom is 0.280 e. The van der Waals surface area contributed by atoms with Gasteiger partial charge in [-0.25, -0.2) is 0 Å². The van der Waals surface area contributed by atoms with Crippen LogP contribution in [0.15, 0.2) is 30.3 Å². The van der Waals surface area contributed by atoms with Crippen LogP contribution in [0.4, 0.5) is 0 Å². The molecule has 5 nitrogen and oxygen atoms in total. The summed E-state index contributed by atoms with van der Waals surface area (Å²) >= 11 is 6.11. The van der Waals surface area contributed by atoms with E-state index in [2.05, 4.69) is 5.43 Å². The highest BCUT2D eigenvalue weighted by atomic mass is 35.5. The van der Waals surface area contributed by atoms with Gasteiger partial charge in [0.25, 0.3) is 11.8 Å². The number of imide groups is 1. The van der Waals surface area contributed by atoms with Crippen LogP contribution >= 0.6 is 11.6 Å². The normalized spacial score (nSPS) is 13.7. The first-order chi connectivity index (χ1) is 10.0. The molecule has 0 aromatic heterocycles. The number of rotatable bonds is 2. The number of halogens is 1. The van der Waals surface area contributed by atoms with E-state index < -0.39 is 17.7 Å². The molecular weight excluding hydrogens is 292 g/mol. The third-order valence-corrected chi connectivity index (χ3v) is 3.74. The lowest BCUT2D eigenvalue weighted by atomic mass is 9.95. The van der Waals surface area contributed by atoms with Gasteiger partial charge in [-0.2, -0.15) is 5.01 Å². The molecule has 0 fully saturated rings. The van der Waals surface area contributed by atoms with Crippen molar-refractivity contribution in [2.45, 2.75) is 13.3 Å². The Morgan fingerprint density at radius 1 is 1.14 bits per heavy atom. The minimum atomic E-state index is -0.554. The number of benzene rings is 2. The molecule has 0 spiro atoms. The second-order valence-corrected chi connectivity index (χ2v) is 5.06. The average Bonchev–Trinajstić information content (AvgIpc) is 2.50. The van der Waals surface area contributed by atoms with Crippen LogP contribution in [0.5, 0.6) is 0 Å². The van der Waals surface area contributed by atoms with Gasteiger partial charge in [-0.05, 0) is 18.2 Å². The minimum Gasteiger partial charge on any atom is -0.273 e. The fourth-order valence-corrected chi connectivity index (χ4v) is 2.59. The van der Waals surface area contributed by atoms with Gasteiger partial charge in [0.05, 0.1) is 11.1 Å². The molecule has 0 radical (unpaired) electrons. The fraction of sp³-hybridized carbons (Fsp3) is 0.133. The molecule has 2 aromatic rings. The zero-order valence-corrected chi connectivity index (χ0v) is 11.9. The number of nitrogens with zero attached hydrogens (tertiary/aromatic N) is 1. The maximum absolute atomic E-state index is 12.4. The van der Waals surface area contributed by atoms with Crippen molar-refractivity contribution in [3.63, 3.8) is 0 Å². The molecule has 1 aliphatic heterocycles. The number of carbonyl (C=O) groups excluding carboxylic acids is 3. The summed E-state index contributed by atoms with van der Waals surface area (Å²) in [5, 5.41) is 2.41. The molecule has 106 valence electrons. The molecule has 3 amide bonds. The van der Waals surface area contributed by atoms with Crippen LogP contribution in [0, 0.1) is 0 Å². The largest absolute Gasteiger partial charge is 0.280 e. The standard InChI is InChI=1S/C15H11ClN2O3/c1-2-12(19)17-18-14(20)9-5-3-4-8-11(16)7-6-10(13(8)9)15(18)21/h3-7H,2H2,1H3,(H,17,19). The van der Waals surface area contributed by atoms with Gasteiger partial charge in [0.1, 0.15) is 0 Å². The van der Waals surface area contributed by atoms with Crippen LogP contribution < -0.4 is 5.43 Å². The van der Waals surface area contributed by atoms with Crippen molar-refractivity contribution in [2.24, 2.45) is 0 Å². The van der Waals surface area contributed by atoms with Crippen molar-refractivity contribution < 1.29 is 14.4 Å². The molecule has 1 N–H and O–H groups in total. The predicted molar refractivity (Wildman–Crippen MR) is 77.9 cm³/mol. The molecule has 0 saturated carbocycles. The van der Waals surface area contributed by atoms with Crippen molar-refractivity contribution in [1.29, 1.82) is 0 Å². The lowest BCUT2D eigenvalue weighted by molar-refractivity contribution is -0.123. The Balaban J connectivity index is 2.22. The van der Waals surface area contributed by atoms with Gasteiger partial charge in [-0.1, -0.05) is 30.7 Å². The maximum atomic E-state index is 12.4. The molecule has 1 aliphatic rings. The molecule has 3 rings (SSSR count). The summed E-state index contributed by atoms with van der Waals surface area (Å²) in [6, 6.07) is 8.24. The summed E-state index contributed by atoms with van der Waals surface area (Å²) in [6.45, 7) is 1.64. The molecule has 21 heavy (non-hydrogen) atoms. The number of hydrazine groups is 1. The Morgan fingerprint density at radius 2 is 1.81 bits per heavy atom. The first-order valence-electron chi connectivity index (χ1n) is 6.44. The topological polar surface area (TPSA) is 66.5 Å². The van der Waals surface area contributed by atoms with Gasteiger partial charge < -0.3 is 0 Å². The van der Waals surface area contributed by atoms with E-state index in [1.807, 2.05) is 0 Å². The lowest BCUT2D eigenvalue weighted by Crippen LogP contribution is -2.51. The summed E-state index contributed by atoms with van der Waals surface area (Å²) in [5.41, 5.74) is 3.03. The Kier molecular flexibility index (Phi) is 3.14. The van der Waals surface area contributed by atoms with Crippen LogP contribution in [0.2, 0.25) is 5.02 Å². The van der Waals surface area contributed by atoms with Gasteiger partial charge in [0.15, 0.2) is 0 Å². The summed E-state index contributed by atoms with van der Waals surface area (Å²) in [4.78, 5) is 36.3. The van der Waals surface area contributed by atoms with Crippen molar-refractivity contribution in [3.8, 4) is 0 Å². The molecule has 0 saturated heterocycles. The summed E-state index contributed by atoms with van der Waals surface area (Å²) < 4.78 is 0. The number of amides is 3. The van der Waals surface area contributed by atoms with Crippen molar-refractivity contribution in [1.82, 2.24) is 10.4 Å². The van der Waals surface area contributed by atoms with Crippen molar-refractivity contribution in [3.05, 3.63) is 46.5 Å². The summed E-state index contributed by atoms with van der Waals surface area (Å²) in [6.07, 6.45) is 0.175. The molecule has 6 heteroatoms. The van der Waals surface area contributed by atoms with Crippen molar-refractivity contribution in [2.75, 3.05) is 0 Å². The van der Waals surface area contributed by atoms with E-state index in [9.17, 15) is 14.4 Å². The van der Waals surface area contributed by atoms with E-state index in [1.54, 1.807) is 37.3 Å². The van der Waals surface area contributed by atoms with Gasteiger partial charge in [0, 0.05) is 22.2 Å². The number of hydrogen-bond donors (Lipinski definition) is 1. The van der Waals surface area contributed by atoms with Crippen molar-refractivity contribution >= 4 is 40.1 Å². The summed E-state index contributed by atoms with van der Waals surface area (Å²) in [7, 11) is 0. The van der Waals surface area contributed by atoms with Gasteiger partial charge in [0.2, 0.25) is 5.91 Å². The molecule has 2 aromatic carbocycles. The number of hydrogen-bond acceptors (Lipinski definition) is 3. The highest BCUT2D eigenvalue weighted by Crippen LogP contribution is 2.33. The van der Waals surface area contributed by atoms with E-state index in [-0.39, 0.29) is 6.42 Å². The zero-order valence-electron chi connectivity index (χ0n) is 11.1. The first-order valence-corrected chi connectivity index (χ1v) is 6.82. The molecule has 0 unspecified atom stereocenters. The highest BCUT2D eigenvalue weighted by Gasteiger charge is 2.34. The van der Waals surface area contributed by atoms with E-state index in [4.69, 9.17) is 11.6 Å². The number of nitrogens with one attached hydrogen (secondary N) is 1. The first kappa shape index (κ1) is 13.6. The quantitative estimate of drug-likeness (QED) is 0.867. The fourth-order valence-electron chi connectivity index (χ4n) is 2.37. The Hall–Kier alpha value is -2.40. The molecular formula is C15H11ClN2O3. The van der Waals surface area contributed by atoms with E-state index in [1.165, 1.54) is 0 Å². The van der Waals surface area contributed by atoms with E-state index in [0.717, 1.165) is 5.01 Å². The Bertz CT molecular complexity index is 779. The van der Waals surface area contributed by atoms with Crippen LogP contribution in [-0.2, 0) is 4.79 Å². The second-order valence-electron chi connectivity index (χ2n) is 4.66. The minimum absolute atomic E-state index is 0.175. The molecule has 0 aliphatic carbocycles. The predicted octanol–water partition coefficient (Wildman–Crippen LogP) is 2.53. The van der Waals surface area contributed by atoms with Gasteiger partial charge >= 0.3 is 0 Å². The van der Waals surface area contributed by atoms with Crippen LogP contribution in [0.25, 0.3) is 10.8 Å². The third kappa shape index (κ3) is 1.97. The highest BCUT2D eigenvalue weighted by molar-refractivity contribution is 6.38. The third-order valence-electron chi connectivity index (χ3n) is 3.41.